The second-order valence-corrected chi connectivity index (χ2v) is 6.81. The maximum Gasteiger partial charge on any atom is 0.274 e. The number of hydrogen-bond acceptors (Lipinski definition) is 3. The van der Waals surface area contributed by atoms with Gasteiger partial charge in [-0.05, 0) is 12.1 Å². The van der Waals surface area contributed by atoms with E-state index in [9.17, 15) is 9.59 Å². The summed E-state index contributed by atoms with van der Waals surface area (Å²) < 4.78 is 7.75. The Kier molecular flexibility index (Phi) is 3.58. The van der Waals surface area contributed by atoms with Gasteiger partial charge in [-0.3, -0.25) is 9.59 Å². The molecule has 138 valence electrons. The summed E-state index contributed by atoms with van der Waals surface area (Å²) >= 11 is 0. The van der Waals surface area contributed by atoms with Gasteiger partial charge in [0.15, 0.2) is 5.75 Å². The van der Waals surface area contributed by atoms with E-state index < -0.39 is 6.10 Å². The van der Waals surface area contributed by atoms with Crippen LogP contribution in [0.25, 0.3) is 22.0 Å². The lowest BCUT2D eigenvalue weighted by Crippen LogP contribution is -2.30. The van der Waals surface area contributed by atoms with Crippen molar-refractivity contribution in [2.24, 2.45) is 7.05 Å². The van der Waals surface area contributed by atoms with E-state index in [1.807, 2.05) is 54.6 Å². The Morgan fingerprint density at radius 1 is 0.964 bits per heavy atom. The highest BCUT2D eigenvalue weighted by Gasteiger charge is 2.31. The largest absolute Gasteiger partial charge is 0.473 e. The van der Waals surface area contributed by atoms with Gasteiger partial charge in [-0.2, -0.15) is 0 Å². The molecule has 0 radical (unpaired) electrons. The molecule has 0 bridgehead atoms. The van der Waals surface area contributed by atoms with Gasteiger partial charge < -0.3 is 19.6 Å². The highest BCUT2D eigenvalue weighted by atomic mass is 16.5. The molecule has 1 aliphatic heterocycles. The molecule has 0 fully saturated rings. The van der Waals surface area contributed by atoms with Crippen LogP contribution in [0.15, 0.2) is 71.8 Å². The van der Waals surface area contributed by atoms with Gasteiger partial charge >= 0.3 is 0 Å². The van der Waals surface area contributed by atoms with Crippen molar-refractivity contribution >= 4 is 22.5 Å². The number of aromatic amines is 1. The van der Waals surface area contributed by atoms with E-state index in [4.69, 9.17) is 4.74 Å². The van der Waals surface area contributed by atoms with Crippen molar-refractivity contribution in [3.8, 4) is 16.9 Å². The average molecular weight is 371 g/mol. The number of nitrogens with zero attached hydrogens (tertiary/aromatic N) is 1. The zero-order valence-electron chi connectivity index (χ0n) is 15.1. The van der Waals surface area contributed by atoms with Crippen LogP contribution >= 0.6 is 0 Å². The Bertz CT molecular complexity index is 1270. The maximum absolute atomic E-state index is 12.6. The van der Waals surface area contributed by atoms with Crippen LogP contribution in [0.4, 0.5) is 5.69 Å². The number of fused-ring (bicyclic) bond motifs is 2. The first-order chi connectivity index (χ1) is 13.6. The summed E-state index contributed by atoms with van der Waals surface area (Å²) in [6.45, 7) is 0. The minimum Gasteiger partial charge on any atom is -0.473 e. The van der Waals surface area contributed by atoms with Crippen LogP contribution in [0, 0.1) is 0 Å². The van der Waals surface area contributed by atoms with Crippen molar-refractivity contribution in [1.29, 1.82) is 0 Å². The second-order valence-electron chi connectivity index (χ2n) is 6.81. The van der Waals surface area contributed by atoms with Crippen molar-refractivity contribution < 1.29 is 9.53 Å². The first-order valence-corrected chi connectivity index (χ1v) is 8.96. The van der Waals surface area contributed by atoms with Gasteiger partial charge in [0.1, 0.15) is 5.52 Å². The van der Waals surface area contributed by atoms with Crippen LogP contribution in [0.1, 0.15) is 11.7 Å². The number of rotatable bonds is 2. The number of pyridine rings is 1. The van der Waals surface area contributed by atoms with Crippen molar-refractivity contribution in [2.75, 3.05) is 5.32 Å². The lowest BCUT2D eigenvalue weighted by atomic mass is 10.00. The fourth-order valence-electron chi connectivity index (χ4n) is 3.68. The summed E-state index contributed by atoms with van der Waals surface area (Å²) in [5.41, 5.74) is 3.53. The molecule has 4 aromatic rings. The van der Waals surface area contributed by atoms with E-state index in [1.54, 1.807) is 24.0 Å². The van der Waals surface area contributed by atoms with Crippen LogP contribution in [0.2, 0.25) is 0 Å². The molecule has 0 aliphatic carbocycles. The fourth-order valence-corrected chi connectivity index (χ4v) is 3.68. The monoisotopic (exact) mass is 371 g/mol. The number of aromatic nitrogens is 2. The minimum atomic E-state index is -0.732. The maximum atomic E-state index is 12.6. The van der Waals surface area contributed by atoms with E-state index >= 15 is 0 Å². The first-order valence-electron chi connectivity index (χ1n) is 8.96. The van der Waals surface area contributed by atoms with Crippen LogP contribution in [0.5, 0.6) is 5.75 Å². The molecule has 1 unspecified atom stereocenters. The summed E-state index contributed by atoms with van der Waals surface area (Å²) in [4.78, 5) is 28.0. The van der Waals surface area contributed by atoms with E-state index in [1.165, 1.54) is 0 Å². The summed E-state index contributed by atoms with van der Waals surface area (Å²) in [5.74, 6) is 0.389. The third-order valence-electron chi connectivity index (χ3n) is 5.03. The van der Waals surface area contributed by atoms with E-state index in [-0.39, 0.29) is 11.5 Å². The van der Waals surface area contributed by atoms with Gasteiger partial charge in [0.2, 0.25) is 6.10 Å². The standard InChI is InChI=1S/C22H17N3O3/c1-25-12-16(14-10-11-23-18(14)22(25)27)15-8-5-9-17-20(15)28-19(21(26)24-17)13-6-3-2-4-7-13/h2-12,19,23H,1H3,(H,24,26). The van der Waals surface area contributed by atoms with Gasteiger partial charge in [0.05, 0.1) is 5.69 Å². The van der Waals surface area contributed by atoms with Crippen molar-refractivity contribution in [1.82, 2.24) is 9.55 Å². The molecule has 28 heavy (non-hydrogen) atoms. The molecule has 6 nitrogen and oxygen atoms in total. The predicted octanol–water partition coefficient (Wildman–Crippen LogP) is 3.61. The molecule has 0 spiro atoms. The van der Waals surface area contributed by atoms with Crippen molar-refractivity contribution in [3.63, 3.8) is 0 Å². The lowest BCUT2D eigenvalue weighted by molar-refractivity contribution is -0.123. The predicted molar refractivity (Wildman–Crippen MR) is 107 cm³/mol. The number of ether oxygens (including phenoxy) is 1. The molecule has 1 atom stereocenters. The Morgan fingerprint density at radius 3 is 2.61 bits per heavy atom. The van der Waals surface area contributed by atoms with Gasteiger partial charge in [-0.25, -0.2) is 0 Å². The molecule has 2 N–H and O–H groups in total. The zero-order valence-corrected chi connectivity index (χ0v) is 15.1. The minimum absolute atomic E-state index is 0.0927. The normalized spacial score (nSPS) is 15.8. The van der Waals surface area contributed by atoms with Gasteiger partial charge in [0, 0.05) is 41.5 Å². The first kappa shape index (κ1) is 16.4. The number of benzene rings is 2. The Balaban J connectivity index is 1.71. The van der Waals surface area contributed by atoms with E-state index in [0.717, 1.165) is 22.1 Å². The van der Waals surface area contributed by atoms with Gasteiger partial charge in [-0.15, -0.1) is 0 Å². The Labute approximate surface area is 160 Å². The van der Waals surface area contributed by atoms with Gasteiger partial charge in [0.25, 0.3) is 11.5 Å². The number of para-hydroxylation sites is 1. The van der Waals surface area contributed by atoms with Crippen LogP contribution in [0.3, 0.4) is 0 Å². The Hall–Kier alpha value is -3.80. The average Bonchev–Trinajstić information content (AvgIpc) is 3.21. The molecule has 0 saturated heterocycles. The molecule has 0 saturated carbocycles. The number of carbonyl (C=O) groups is 1. The number of aryl methyl sites for hydroxylation is 1. The summed E-state index contributed by atoms with van der Waals surface area (Å²) in [7, 11) is 1.72. The van der Waals surface area contributed by atoms with Crippen LogP contribution < -0.4 is 15.6 Å². The molecule has 6 heteroatoms. The second kappa shape index (κ2) is 6.13. The number of H-pyrrole nitrogens is 1. The molecule has 1 amide bonds. The number of carbonyl (C=O) groups excluding carboxylic acids is 1. The molecule has 5 rings (SSSR count). The summed E-state index contributed by atoms with van der Waals surface area (Å²) in [5, 5.41) is 3.76. The molecular weight excluding hydrogens is 354 g/mol. The summed E-state index contributed by atoms with van der Waals surface area (Å²) in [6.07, 6.45) is 2.82. The molecule has 1 aliphatic rings. The summed E-state index contributed by atoms with van der Waals surface area (Å²) in [6, 6.07) is 16.9. The Morgan fingerprint density at radius 2 is 1.79 bits per heavy atom. The molecule has 2 aromatic heterocycles. The molecular formula is C22H17N3O3. The highest BCUT2D eigenvalue weighted by Crippen LogP contribution is 2.43. The number of amides is 1. The van der Waals surface area contributed by atoms with E-state index in [0.29, 0.717) is 17.0 Å². The van der Waals surface area contributed by atoms with Crippen LogP contribution in [-0.2, 0) is 11.8 Å². The van der Waals surface area contributed by atoms with Crippen LogP contribution in [-0.4, -0.2) is 15.5 Å². The van der Waals surface area contributed by atoms with E-state index in [2.05, 4.69) is 10.3 Å². The quantitative estimate of drug-likeness (QED) is 0.565. The topological polar surface area (TPSA) is 76.1 Å². The molecule has 3 heterocycles. The van der Waals surface area contributed by atoms with Gasteiger partial charge in [-0.1, -0.05) is 42.5 Å². The number of anilines is 1. The lowest BCUT2D eigenvalue weighted by Gasteiger charge is -2.28. The fraction of sp³-hybridized carbons (Fsp3) is 0.0909. The molecule has 2 aromatic carbocycles. The third kappa shape index (κ3) is 2.42. The van der Waals surface area contributed by atoms with Crippen molar-refractivity contribution in [3.05, 3.63) is 82.9 Å². The number of nitrogens with one attached hydrogen (secondary N) is 2. The zero-order chi connectivity index (χ0) is 19.3. The smallest absolute Gasteiger partial charge is 0.274 e. The highest BCUT2D eigenvalue weighted by molar-refractivity contribution is 6.03. The number of hydrogen-bond donors (Lipinski definition) is 2. The van der Waals surface area contributed by atoms with Crippen molar-refractivity contribution in [2.45, 2.75) is 6.10 Å². The third-order valence-corrected chi connectivity index (χ3v) is 5.03. The SMILES string of the molecule is Cn1cc(-c2cccc3c2OC(c2ccccc2)C(=O)N3)c2cc[nH]c2c1=O.